The molecular weight excluding hydrogens is 378 g/mol. The molecule has 0 aliphatic heterocycles. The highest BCUT2D eigenvalue weighted by Crippen LogP contribution is 2.44. The molecule has 0 aliphatic rings. The third-order valence-electron chi connectivity index (χ3n) is 6.22. The fourth-order valence-corrected chi connectivity index (χ4v) is 4.28. The lowest BCUT2D eigenvalue weighted by molar-refractivity contribution is 0.456. The van der Waals surface area contributed by atoms with Gasteiger partial charge in [0.2, 0.25) is 0 Å². The summed E-state index contributed by atoms with van der Waals surface area (Å²) >= 11 is 0. The average molecular weight is 414 g/mol. The van der Waals surface area contributed by atoms with E-state index in [1.807, 2.05) is 24.4 Å². The highest BCUT2D eigenvalue weighted by molar-refractivity contribution is 5.85. The zero-order valence-electron chi connectivity index (χ0n) is 19.3. The van der Waals surface area contributed by atoms with Crippen molar-refractivity contribution in [2.24, 2.45) is 4.99 Å². The first kappa shape index (κ1) is 22.8. The van der Waals surface area contributed by atoms with E-state index in [9.17, 15) is 5.11 Å². The summed E-state index contributed by atoms with van der Waals surface area (Å²) in [5.74, 6) is 0.310. The first-order valence-electron chi connectivity index (χ1n) is 11.4. The van der Waals surface area contributed by atoms with Crippen molar-refractivity contribution in [2.75, 3.05) is 0 Å². The number of rotatable bonds is 9. The first-order valence-corrected chi connectivity index (χ1v) is 11.4. The minimum absolute atomic E-state index is 0.254. The number of aromatic hydroxyl groups is 1. The molecule has 0 radical (unpaired) electrons. The van der Waals surface area contributed by atoms with Gasteiger partial charge in [-0.2, -0.15) is 0 Å². The Kier molecular flexibility index (Phi) is 7.68. The summed E-state index contributed by atoms with van der Waals surface area (Å²) in [6, 6.07) is 25.2. The van der Waals surface area contributed by atoms with Gasteiger partial charge in [0.05, 0.1) is 0 Å². The van der Waals surface area contributed by atoms with Crippen molar-refractivity contribution in [3.8, 4) is 5.75 Å². The van der Waals surface area contributed by atoms with E-state index in [2.05, 4.69) is 82.3 Å². The summed E-state index contributed by atoms with van der Waals surface area (Å²) in [6.45, 7) is 8.65. The molecule has 1 atom stereocenters. The molecule has 1 N–H and O–H groups in total. The Labute approximate surface area is 187 Å². The number of hydrogen-bond donors (Lipinski definition) is 1. The van der Waals surface area contributed by atoms with Crippen LogP contribution in [0.3, 0.4) is 0 Å². The third kappa shape index (κ3) is 5.25. The van der Waals surface area contributed by atoms with E-state index in [4.69, 9.17) is 4.99 Å². The molecular formula is C29H35NO. The standard InChI is InChI=1S/C29H35NO/c1-5-6-9-14-23(3)30-21-24-19-22(2)20-27(28(24)31)29(4,25-15-10-7-11-16-25)26-17-12-8-13-18-26/h7-8,10-13,15-21,23,31H,5-6,9,14H2,1-4H3. The lowest BCUT2D eigenvalue weighted by Gasteiger charge is -2.33. The number of aryl methyl sites for hydroxylation is 1. The van der Waals surface area contributed by atoms with Crippen LogP contribution in [0.1, 0.15) is 74.3 Å². The quantitative estimate of drug-likeness (QED) is 0.221. The number of phenols is 1. The Bertz CT molecular complexity index is 953. The van der Waals surface area contributed by atoms with Crippen LogP contribution in [0.25, 0.3) is 0 Å². The van der Waals surface area contributed by atoms with Gasteiger partial charge in [-0.1, -0.05) is 92.9 Å². The van der Waals surface area contributed by atoms with Crippen molar-refractivity contribution < 1.29 is 5.11 Å². The Balaban J connectivity index is 2.07. The molecule has 0 saturated carbocycles. The molecule has 2 heteroatoms. The van der Waals surface area contributed by atoms with Gasteiger partial charge in [0.1, 0.15) is 5.75 Å². The van der Waals surface area contributed by atoms with Gasteiger partial charge in [0.25, 0.3) is 0 Å². The van der Waals surface area contributed by atoms with Crippen LogP contribution in [-0.4, -0.2) is 17.4 Å². The number of nitrogens with zero attached hydrogens (tertiary/aromatic N) is 1. The van der Waals surface area contributed by atoms with Gasteiger partial charge in [-0.25, -0.2) is 0 Å². The van der Waals surface area contributed by atoms with Crippen LogP contribution in [0.15, 0.2) is 77.8 Å². The van der Waals surface area contributed by atoms with Crippen molar-refractivity contribution in [2.45, 2.75) is 64.8 Å². The predicted molar refractivity (Wildman–Crippen MR) is 132 cm³/mol. The molecule has 0 aliphatic carbocycles. The van der Waals surface area contributed by atoms with E-state index in [0.29, 0.717) is 5.75 Å². The molecule has 3 aromatic carbocycles. The Morgan fingerprint density at radius 1 is 0.935 bits per heavy atom. The van der Waals surface area contributed by atoms with Crippen LogP contribution >= 0.6 is 0 Å². The third-order valence-corrected chi connectivity index (χ3v) is 6.22. The highest BCUT2D eigenvalue weighted by Gasteiger charge is 2.34. The summed E-state index contributed by atoms with van der Waals surface area (Å²) in [7, 11) is 0. The van der Waals surface area contributed by atoms with Crippen LogP contribution in [-0.2, 0) is 5.41 Å². The Morgan fingerprint density at radius 3 is 2.06 bits per heavy atom. The zero-order valence-corrected chi connectivity index (χ0v) is 19.3. The van der Waals surface area contributed by atoms with Crippen LogP contribution in [0.5, 0.6) is 5.75 Å². The molecule has 0 aromatic heterocycles. The molecule has 3 aromatic rings. The van der Waals surface area contributed by atoms with Gasteiger partial charge in [-0.15, -0.1) is 0 Å². The van der Waals surface area contributed by atoms with Crippen LogP contribution < -0.4 is 0 Å². The normalized spacial score (nSPS) is 12.9. The Hall–Kier alpha value is -2.87. The van der Waals surface area contributed by atoms with E-state index in [0.717, 1.165) is 34.2 Å². The molecule has 2 nitrogen and oxygen atoms in total. The van der Waals surface area contributed by atoms with Crippen molar-refractivity contribution >= 4 is 6.21 Å². The van der Waals surface area contributed by atoms with E-state index in [1.54, 1.807) is 0 Å². The monoisotopic (exact) mass is 413 g/mol. The molecule has 1 unspecified atom stereocenters. The minimum Gasteiger partial charge on any atom is -0.507 e. The van der Waals surface area contributed by atoms with Crippen LogP contribution in [0, 0.1) is 6.92 Å². The first-order chi connectivity index (χ1) is 15.0. The SMILES string of the molecule is CCCCCC(C)N=Cc1cc(C)cc(C(C)(c2ccccc2)c2ccccc2)c1O. The minimum atomic E-state index is -0.478. The predicted octanol–water partition coefficient (Wildman–Crippen LogP) is 7.44. The maximum atomic E-state index is 11.4. The van der Waals surface area contributed by atoms with Crippen LogP contribution in [0.2, 0.25) is 0 Å². The smallest absolute Gasteiger partial charge is 0.128 e. The Morgan fingerprint density at radius 2 is 1.52 bits per heavy atom. The summed E-state index contributed by atoms with van der Waals surface area (Å²) in [5, 5.41) is 11.4. The van der Waals surface area contributed by atoms with Crippen molar-refractivity contribution in [1.82, 2.24) is 0 Å². The molecule has 0 amide bonds. The summed E-state index contributed by atoms with van der Waals surface area (Å²) in [4.78, 5) is 4.75. The maximum Gasteiger partial charge on any atom is 0.128 e. The fraction of sp³-hybridized carbons (Fsp3) is 0.345. The largest absolute Gasteiger partial charge is 0.507 e. The molecule has 162 valence electrons. The van der Waals surface area contributed by atoms with E-state index in [1.165, 1.54) is 19.3 Å². The van der Waals surface area contributed by atoms with E-state index in [-0.39, 0.29) is 6.04 Å². The maximum absolute atomic E-state index is 11.4. The van der Waals surface area contributed by atoms with Crippen molar-refractivity contribution in [3.63, 3.8) is 0 Å². The summed E-state index contributed by atoms with van der Waals surface area (Å²) in [5.41, 5.74) is 4.63. The van der Waals surface area contributed by atoms with Crippen molar-refractivity contribution in [1.29, 1.82) is 0 Å². The van der Waals surface area contributed by atoms with Crippen molar-refractivity contribution in [3.05, 3.63) is 101 Å². The van der Waals surface area contributed by atoms with E-state index >= 15 is 0 Å². The second-order valence-electron chi connectivity index (χ2n) is 8.73. The second-order valence-corrected chi connectivity index (χ2v) is 8.73. The number of benzene rings is 3. The van der Waals surface area contributed by atoms with Crippen LogP contribution in [0.4, 0.5) is 0 Å². The molecule has 3 rings (SSSR count). The van der Waals surface area contributed by atoms with E-state index < -0.39 is 5.41 Å². The molecule has 31 heavy (non-hydrogen) atoms. The van der Waals surface area contributed by atoms with Gasteiger partial charge < -0.3 is 5.11 Å². The molecule has 0 bridgehead atoms. The van der Waals surface area contributed by atoms with Gasteiger partial charge in [0.15, 0.2) is 0 Å². The van der Waals surface area contributed by atoms with Gasteiger partial charge in [-0.05, 0) is 49.9 Å². The van der Waals surface area contributed by atoms with Gasteiger partial charge >= 0.3 is 0 Å². The lowest BCUT2D eigenvalue weighted by atomic mass is 9.70. The van der Waals surface area contributed by atoms with Gasteiger partial charge in [0, 0.05) is 28.8 Å². The lowest BCUT2D eigenvalue weighted by Crippen LogP contribution is -2.26. The number of unbranched alkanes of at least 4 members (excludes halogenated alkanes) is 2. The molecule has 0 fully saturated rings. The average Bonchev–Trinajstić information content (AvgIpc) is 2.80. The number of hydrogen-bond acceptors (Lipinski definition) is 2. The zero-order chi connectivity index (χ0) is 22.3. The molecule has 0 heterocycles. The summed E-state index contributed by atoms with van der Waals surface area (Å²) < 4.78 is 0. The second kappa shape index (κ2) is 10.4. The molecule has 0 saturated heterocycles. The fourth-order valence-electron chi connectivity index (χ4n) is 4.28. The number of phenolic OH excluding ortho intramolecular Hbond substituents is 1. The molecule has 0 spiro atoms. The summed E-state index contributed by atoms with van der Waals surface area (Å²) in [6.07, 6.45) is 6.59. The number of aliphatic imine (C=N–C) groups is 1. The topological polar surface area (TPSA) is 32.6 Å². The van der Waals surface area contributed by atoms with Gasteiger partial charge in [-0.3, -0.25) is 4.99 Å². The highest BCUT2D eigenvalue weighted by atomic mass is 16.3.